The third-order valence-corrected chi connectivity index (χ3v) is 3.77. The fraction of sp³-hybridized carbons (Fsp3) is 0.500. The first-order valence-corrected chi connectivity index (χ1v) is 6.20. The average Bonchev–Trinajstić information content (AvgIpc) is 2.52. The van der Waals surface area contributed by atoms with Crippen LogP contribution in [0.25, 0.3) is 0 Å². The van der Waals surface area contributed by atoms with E-state index >= 15 is 0 Å². The number of hydrogen-bond donors (Lipinski definition) is 0. The number of likely N-dealkylation sites (N-methyl/N-ethyl adjacent to an activating group) is 1. The van der Waals surface area contributed by atoms with Crippen LogP contribution < -0.4 is 4.90 Å². The molecule has 19 heavy (non-hydrogen) atoms. The number of fused-ring (bicyclic) bond motifs is 1. The Hall–Kier alpha value is -1.52. The molecule has 104 valence electrons. The van der Waals surface area contributed by atoms with Crippen molar-refractivity contribution in [3.8, 4) is 0 Å². The summed E-state index contributed by atoms with van der Waals surface area (Å²) in [4.78, 5) is 13.8. The highest BCUT2D eigenvalue weighted by Gasteiger charge is 2.45. The molecule has 0 N–H and O–H groups in total. The van der Waals surface area contributed by atoms with Crippen molar-refractivity contribution in [3.05, 3.63) is 29.8 Å². The number of hydrogen-bond acceptors (Lipinski definition) is 1. The minimum Gasteiger partial charge on any atom is -0.314 e. The van der Waals surface area contributed by atoms with Gasteiger partial charge in [-0.15, -0.1) is 0 Å². The monoisotopic (exact) mass is 271 g/mol. The fourth-order valence-electron chi connectivity index (χ4n) is 2.71. The molecular weight excluding hydrogens is 255 g/mol. The molecule has 0 spiro atoms. The number of carbonyl (C=O) groups is 1. The normalized spacial score (nSPS) is 22.8. The maximum absolute atomic E-state index is 12.3. The molecule has 0 aromatic heterocycles. The lowest BCUT2D eigenvalue weighted by Crippen LogP contribution is -2.36. The van der Waals surface area contributed by atoms with E-state index in [4.69, 9.17) is 0 Å². The summed E-state index contributed by atoms with van der Waals surface area (Å²) in [6.07, 6.45) is -4.83. The van der Waals surface area contributed by atoms with Crippen LogP contribution in [0.5, 0.6) is 0 Å². The summed E-state index contributed by atoms with van der Waals surface area (Å²) in [5.74, 6) is -0.129. The molecule has 0 fully saturated rings. The van der Waals surface area contributed by atoms with E-state index < -0.39 is 18.0 Å². The number of benzene rings is 1. The van der Waals surface area contributed by atoms with E-state index in [1.807, 2.05) is 24.3 Å². The molecule has 1 aliphatic rings. The van der Waals surface area contributed by atoms with Crippen LogP contribution in [-0.4, -0.2) is 19.1 Å². The van der Waals surface area contributed by atoms with Crippen LogP contribution >= 0.6 is 0 Å². The number of para-hydroxylation sites is 1. The van der Waals surface area contributed by atoms with Crippen LogP contribution in [0.1, 0.15) is 31.7 Å². The minimum absolute atomic E-state index is 0.0338. The molecule has 2 rings (SSSR count). The van der Waals surface area contributed by atoms with Gasteiger partial charge in [0.25, 0.3) is 0 Å². The van der Waals surface area contributed by atoms with Gasteiger partial charge in [-0.25, -0.2) is 0 Å². The van der Waals surface area contributed by atoms with Gasteiger partial charge in [-0.3, -0.25) is 4.79 Å². The number of halogens is 3. The van der Waals surface area contributed by atoms with E-state index in [9.17, 15) is 18.0 Å². The third-order valence-electron chi connectivity index (χ3n) is 3.77. The van der Waals surface area contributed by atoms with Crippen molar-refractivity contribution in [1.29, 1.82) is 0 Å². The van der Waals surface area contributed by atoms with Crippen molar-refractivity contribution in [2.75, 3.05) is 11.9 Å². The maximum atomic E-state index is 12.3. The molecule has 0 unspecified atom stereocenters. The molecule has 0 aliphatic carbocycles. The molecular formula is C14H16F3NO. The van der Waals surface area contributed by atoms with Crippen LogP contribution in [0.3, 0.4) is 0 Å². The second-order valence-electron chi connectivity index (χ2n) is 5.18. The van der Waals surface area contributed by atoms with E-state index in [-0.39, 0.29) is 18.7 Å². The first-order chi connectivity index (χ1) is 8.76. The summed E-state index contributed by atoms with van der Waals surface area (Å²) in [7, 11) is 1.66. The minimum atomic E-state index is -4.16. The van der Waals surface area contributed by atoms with Crippen molar-refractivity contribution < 1.29 is 18.0 Å². The Morgan fingerprint density at radius 3 is 2.53 bits per heavy atom. The molecule has 1 aromatic rings. The molecule has 1 aromatic carbocycles. The molecule has 1 aliphatic heterocycles. The lowest BCUT2D eigenvalue weighted by Gasteiger charge is -2.23. The first-order valence-electron chi connectivity index (χ1n) is 6.20. The lowest BCUT2D eigenvalue weighted by atomic mass is 9.79. The maximum Gasteiger partial charge on any atom is 0.389 e. The number of rotatable bonds is 3. The molecule has 5 heteroatoms. The second kappa shape index (κ2) is 4.54. The molecule has 1 amide bonds. The van der Waals surface area contributed by atoms with Crippen molar-refractivity contribution in [2.24, 2.45) is 0 Å². The predicted molar refractivity (Wildman–Crippen MR) is 67.1 cm³/mol. The molecule has 1 heterocycles. The Balaban J connectivity index is 2.21. The summed E-state index contributed by atoms with van der Waals surface area (Å²) in [5, 5.41) is 0. The zero-order valence-corrected chi connectivity index (χ0v) is 10.9. The summed E-state index contributed by atoms with van der Waals surface area (Å²) >= 11 is 0. The van der Waals surface area contributed by atoms with Gasteiger partial charge in [-0.2, -0.15) is 13.2 Å². The molecule has 0 bridgehead atoms. The van der Waals surface area contributed by atoms with E-state index in [0.717, 1.165) is 11.3 Å². The zero-order valence-electron chi connectivity index (χ0n) is 10.9. The van der Waals surface area contributed by atoms with Crippen molar-refractivity contribution in [2.45, 2.75) is 37.8 Å². The fourth-order valence-corrected chi connectivity index (χ4v) is 2.71. The molecule has 0 saturated heterocycles. The van der Waals surface area contributed by atoms with Gasteiger partial charge in [0.15, 0.2) is 0 Å². The van der Waals surface area contributed by atoms with Crippen LogP contribution in [0.4, 0.5) is 18.9 Å². The van der Waals surface area contributed by atoms with Crippen LogP contribution in [-0.2, 0) is 10.2 Å². The number of nitrogens with zero attached hydrogens (tertiary/aromatic N) is 1. The number of carbonyl (C=O) groups excluding carboxylic acids is 1. The average molecular weight is 271 g/mol. The Bertz CT molecular complexity index is 498. The van der Waals surface area contributed by atoms with Gasteiger partial charge in [0, 0.05) is 19.2 Å². The Labute approximate surface area is 110 Å². The standard InChI is InChI=1S/C14H16F3NO/c1-13(8-5-9-14(15,16)17)10-6-3-4-7-11(10)18(2)12(13)19/h3-4,6-7H,5,8-9H2,1-2H3/t13-/m1/s1. The highest BCUT2D eigenvalue weighted by Crippen LogP contribution is 2.44. The van der Waals surface area contributed by atoms with Gasteiger partial charge in [0.1, 0.15) is 0 Å². The largest absolute Gasteiger partial charge is 0.389 e. The van der Waals surface area contributed by atoms with Crippen LogP contribution in [0.15, 0.2) is 24.3 Å². The first kappa shape index (κ1) is 13.9. The SMILES string of the molecule is CN1C(=O)[C@](C)(CCCC(F)(F)F)c2ccccc21. The smallest absolute Gasteiger partial charge is 0.314 e. The molecule has 1 atom stereocenters. The third kappa shape index (κ3) is 2.46. The molecule has 0 radical (unpaired) electrons. The summed E-state index contributed by atoms with van der Waals surface area (Å²) < 4.78 is 36.7. The van der Waals surface area contributed by atoms with E-state index in [1.165, 1.54) is 4.90 Å². The quantitative estimate of drug-likeness (QED) is 0.821. The van der Waals surface area contributed by atoms with Gasteiger partial charge in [0.05, 0.1) is 5.41 Å². The van der Waals surface area contributed by atoms with Crippen LogP contribution in [0, 0.1) is 0 Å². The van der Waals surface area contributed by atoms with Gasteiger partial charge in [-0.05, 0) is 31.4 Å². The number of anilines is 1. The summed E-state index contributed by atoms with van der Waals surface area (Å²) in [6, 6.07) is 7.28. The van der Waals surface area contributed by atoms with Crippen LogP contribution in [0.2, 0.25) is 0 Å². The van der Waals surface area contributed by atoms with Crippen molar-refractivity contribution in [1.82, 2.24) is 0 Å². The Morgan fingerprint density at radius 2 is 1.89 bits per heavy atom. The molecule has 0 saturated carbocycles. The van der Waals surface area contributed by atoms with E-state index in [0.29, 0.717) is 0 Å². The summed E-state index contributed by atoms with van der Waals surface area (Å²) in [6.45, 7) is 1.73. The highest BCUT2D eigenvalue weighted by atomic mass is 19.4. The lowest BCUT2D eigenvalue weighted by molar-refractivity contribution is -0.137. The Kier molecular flexibility index (Phi) is 3.32. The van der Waals surface area contributed by atoms with E-state index in [1.54, 1.807) is 14.0 Å². The highest BCUT2D eigenvalue weighted by molar-refractivity contribution is 6.07. The van der Waals surface area contributed by atoms with Crippen molar-refractivity contribution in [3.63, 3.8) is 0 Å². The number of alkyl halides is 3. The van der Waals surface area contributed by atoms with Gasteiger partial charge in [-0.1, -0.05) is 18.2 Å². The number of amides is 1. The second-order valence-corrected chi connectivity index (χ2v) is 5.18. The topological polar surface area (TPSA) is 20.3 Å². The summed E-state index contributed by atoms with van der Waals surface area (Å²) in [5.41, 5.74) is 0.781. The zero-order chi connectivity index (χ0) is 14.3. The van der Waals surface area contributed by atoms with Gasteiger partial charge in [0.2, 0.25) is 5.91 Å². The Morgan fingerprint density at radius 1 is 1.26 bits per heavy atom. The van der Waals surface area contributed by atoms with Gasteiger partial charge < -0.3 is 4.90 Å². The van der Waals surface area contributed by atoms with E-state index in [2.05, 4.69) is 0 Å². The molecule has 2 nitrogen and oxygen atoms in total. The predicted octanol–water partition coefficient (Wildman–Crippen LogP) is 3.65. The van der Waals surface area contributed by atoms with Gasteiger partial charge >= 0.3 is 6.18 Å². The van der Waals surface area contributed by atoms with Crippen molar-refractivity contribution >= 4 is 11.6 Å².